The number of hydrogen-bond donors (Lipinski definition) is 2. The first-order valence-electron chi connectivity index (χ1n) is 8.33. The molecule has 1 amide bonds. The van der Waals surface area contributed by atoms with Crippen LogP contribution >= 0.6 is 11.6 Å². The Balaban J connectivity index is 1.70. The zero-order valence-electron chi connectivity index (χ0n) is 13.5. The van der Waals surface area contributed by atoms with Crippen molar-refractivity contribution in [3.8, 4) is 5.75 Å². The fraction of sp³-hybridized carbons (Fsp3) is 0.688. The predicted molar refractivity (Wildman–Crippen MR) is 88.1 cm³/mol. The summed E-state index contributed by atoms with van der Waals surface area (Å²) in [5.74, 6) is 1.95. The van der Waals surface area contributed by atoms with Crippen LogP contribution in [0.4, 0.5) is 5.82 Å². The van der Waals surface area contributed by atoms with Crippen molar-refractivity contribution in [2.45, 2.75) is 52.0 Å². The second-order valence-electron chi connectivity index (χ2n) is 6.56. The van der Waals surface area contributed by atoms with Crippen molar-refractivity contribution in [1.82, 2.24) is 15.4 Å². The van der Waals surface area contributed by atoms with Crippen molar-refractivity contribution < 1.29 is 9.63 Å². The lowest BCUT2D eigenvalue weighted by Gasteiger charge is -2.20. The van der Waals surface area contributed by atoms with E-state index in [-0.39, 0.29) is 22.7 Å². The third kappa shape index (κ3) is 4.05. The van der Waals surface area contributed by atoms with E-state index in [0.717, 1.165) is 6.42 Å². The van der Waals surface area contributed by atoms with Crippen molar-refractivity contribution in [1.29, 1.82) is 0 Å². The van der Waals surface area contributed by atoms with Gasteiger partial charge in [0.2, 0.25) is 5.75 Å². The minimum Gasteiger partial charge on any atom is -0.372 e. The van der Waals surface area contributed by atoms with Gasteiger partial charge in [0.1, 0.15) is 6.33 Å². The summed E-state index contributed by atoms with van der Waals surface area (Å²) in [6.45, 7) is 3.79. The third-order valence-corrected chi connectivity index (χ3v) is 4.91. The van der Waals surface area contributed by atoms with Crippen LogP contribution in [-0.4, -0.2) is 21.9 Å². The molecule has 126 valence electrons. The van der Waals surface area contributed by atoms with Gasteiger partial charge in [0, 0.05) is 12.0 Å². The standard InChI is InChI=1S/C16H23ClN4O2/c1-3-9(2)16(22)21-23-13-14(17)18-8-19-15(13)20-12(10-4-5-10)11-6-7-11/h8-12H,3-7H2,1-2H3,(H,21,22)(H,18,19,20). The summed E-state index contributed by atoms with van der Waals surface area (Å²) in [5, 5.41) is 3.66. The zero-order valence-corrected chi connectivity index (χ0v) is 14.3. The van der Waals surface area contributed by atoms with Crippen LogP contribution < -0.4 is 15.6 Å². The van der Waals surface area contributed by atoms with Gasteiger partial charge in [-0.1, -0.05) is 25.4 Å². The highest BCUT2D eigenvalue weighted by Gasteiger charge is 2.42. The molecule has 0 bridgehead atoms. The molecular formula is C16H23ClN4O2. The fourth-order valence-corrected chi connectivity index (χ4v) is 2.79. The molecule has 0 aliphatic heterocycles. The summed E-state index contributed by atoms with van der Waals surface area (Å²) >= 11 is 6.13. The lowest BCUT2D eigenvalue weighted by atomic mass is 10.1. The molecule has 3 rings (SSSR count). The second kappa shape index (κ2) is 6.91. The highest BCUT2D eigenvalue weighted by Crippen LogP contribution is 2.46. The van der Waals surface area contributed by atoms with Gasteiger partial charge in [0.15, 0.2) is 11.0 Å². The van der Waals surface area contributed by atoms with E-state index in [2.05, 4.69) is 20.8 Å². The van der Waals surface area contributed by atoms with Gasteiger partial charge < -0.3 is 10.2 Å². The van der Waals surface area contributed by atoms with Crippen molar-refractivity contribution in [2.24, 2.45) is 17.8 Å². The fourth-order valence-electron chi connectivity index (χ4n) is 2.62. The molecule has 23 heavy (non-hydrogen) atoms. The Labute approximate surface area is 141 Å². The summed E-state index contributed by atoms with van der Waals surface area (Å²) in [7, 11) is 0. The van der Waals surface area contributed by atoms with Gasteiger partial charge in [-0.05, 0) is 43.9 Å². The van der Waals surface area contributed by atoms with Crippen molar-refractivity contribution in [2.75, 3.05) is 5.32 Å². The van der Waals surface area contributed by atoms with Gasteiger partial charge in [-0.3, -0.25) is 4.79 Å². The summed E-state index contributed by atoms with van der Waals surface area (Å²) in [6.07, 6.45) is 7.18. The molecule has 1 aromatic heterocycles. The molecule has 0 radical (unpaired) electrons. The monoisotopic (exact) mass is 338 g/mol. The normalized spacial score (nSPS) is 18.6. The van der Waals surface area contributed by atoms with Crippen molar-refractivity contribution in [3.63, 3.8) is 0 Å². The molecule has 1 aromatic rings. The highest BCUT2D eigenvalue weighted by atomic mass is 35.5. The average Bonchev–Trinajstić information content (AvgIpc) is 3.43. The summed E-state index contributed by atoms with van der Waals surface area (Å²) in [4.78, 5) is 25.5. The van der Waals surface area contributed by atoms with E-state index in [1.165, 1.54) is 32.0 Å². The van der Waals surface area contributed by atoms with E-state index < -0.39 is 0 Å². The molecule has 0 spiro atoms. The molecule has 1 heterocycles. The SMILES string of the molecule is CCC(C)C(=O)NOc1c(Cl)ncnc1NC(C1CC1)C1CC1. The van der Waals surface area contributed by atoms with Crippen LogP contribution in [0.25, 0.3) is 0 Å². The quantitative estimate of drug-likeness (QED) is 0.562. The van der Waals surface area contributed by atoms with Crippen LogP contribution in [0.3, 0.4) is 0 Å². The van der Waals surface area contributed by atoms with Crippen LogP contribution in [0.2, 0.25) is 5.15 Å². The molecule has 0 saturated heterocycles. The Morgan fingerprint density at radius 3 is 2.57 bits per heavy atom. The Bertz CT molecular complexity index is 563. The van der Waals surface area contributed by atoms with E-state index in [0.29, 0.717) is 23.7 Å². The van der Waals surface area contributed by atoms with E-state index in [1.54, 1.807) is 0 Å². The number of hydroxylamine groups is 1. The summed E-state index contributed by atoms with van der Waals surface area (Å²) in [5.41, 5.74) is 2.45. The Kier molecular flexibility index (Phi) is 4.90. The molecule has 1 unspecified atom stereocenters. The maximum atomic E-state index is 11.9. The van der Waals surface area contributed by atoms with E-state index >= 15 is 0 Å². The lowest BCUT2D eigenvalue weighted by molar-refractivity contribution is -0.131. The number of amides is 1. The van der Waals surface area contributed by atoms with E-state index in [4.69, 9.17) is 16.4 Å². The Hall–Kier alpha value is -1.56. The van der Waals surface area contributed by atoms with Crippen LogP contribution in [0.5, 0.6) is 5.75 Å². The zero-order chi connectivity index (χ0) is 16.4. The second-order valence-corrected chi connectivity index (χ2v) is 6.92. The van der Waals surface area contributed by atoms with E-state index in [1.807, 2.05) is 13.8 Å². The minimum atomic E-state index is -0.181. The molecule has 7 heteroatoms. The number of halogens is 1. The minimum absolute atomic E-state index is 0.125. The topological polar surface area (TPSA) is 76.1 Å². The molecule has 2 N–H and O–H groups in total. The predicted octanol–water partition coefficient (Wildman–Crippen LogP) is 3.19. The van der Waals surface area contributed by atoms with Gasteiger partial charge in [-0.2, -0.15) is 5.48 Å². The average molecular weight is 339 g/mol. The van der Waals surface area contributed by atoms with E-state index in [9.17, 15) is 4.79 Å². The maximum absolute atomic E-state index is 11.9. The Morgan fingerprint density at radius 2 is 2.00 bits per heavy atom. The Morgan fingerprint density at radius 1 is 1.35 bits per heavy atom. The van der Waals surface area contributed by atoms with Crippen molar-refractivity contribution >= 4 is 23.3 Å². The van der Waals surface area contributed by atoms with Gasteiger partial charge in [0.05, 0.1) is 0 Å². The largest absolute Gasteiger partial charge is 0.372 e. The number of anilines is 1. The molecule has 6 nitrogen and oxygen atoms in total. The first-order chi connectivity index (χ1) is 11.1. The smallest absolute Gasteiger partial charge is 0.255 e. The molecule has 2 fully saturated rings. The first kappa shape index (κ1) is 16.3. The van der Waals surface area contributed by atoms with Crippen molar-refractivity contribution in [3.05, 3.63) is 11.5 Å². The molecule has 1 atom stereocenters. The summed E-state index contributed by atoms with van der Waals surface area (Å²) < 4.78 is 0. The number of nitrogens with zero attached hydrogens (tertiary/aromatic N) is 2. The number of nitrogens with one attached hydrogen (secondary N) is 2. The number of carbonyl (C=O) groups is 1. The number of carbonyl (C=O) groups excluding carboxylic acids is 1. The molecule has 2 aliphatic carbocycles. The molecule has 0 aromatic carbocycles. The molecule has 2 aliphatic rings. The van der Waals surface area contributed by atoms with Gasteiger partial charge >= 0.3 is 0 Å². The molecular weight excluding hydrogens is 316 g/mol. The van der Waals surface area contributed by atoms with Gasteiger partial charge in [-0.15, -0.1) is 0 Å². The van der Waals surface area contributed by atoms with Crippen LogP contribution in [0, 0.1) is 17.8 Å². The first-order valence-corrected chi connectivity index (χ1v) is 8.71. The number of rotatable bonds is 8. The number of aromatic nitrogens is 2. The van der Waals surface area contributed by atoms with Gasteiger partial charge in [-0.25, -0.2) is 9.97 Å². The van der Waals surface area contributed by atoms with Crippen LogP contribution in [-0.2, 0) is 4.79 Å². The summed E-state index contributed by atoms with van der Waals surface area (Å²) in [6, 6.07) is 0.411. The van der Waals surface area contributed by atoms with Crippen LogP contribution in [0.15, 0.2) is 6.33 Å². The van der Waals surface area contributed by atoms with Crippen LogP contribution in [0.1, 0.15) is 46.0 Å². The number of hydrogen-bond acceptors (Lipinski definition) is 5. The third-order valence-electron chi connectivity index (χ3n) is 4.64. The molecule has 2 saturated carbocycles. The maximum Gasteiger partial charge on any atom is 0.255 e. The van der Waals surface area contributed by atoms with Gasteiger partial charge in [0.25, 0.3) is 5.91 Å². The highest BCUT2D eigenvalue weighted by molar-refractivity contribution is 6.31. The lowest BCUT2D eigenvalue weighted by Crippen LogP contribution is -2.33.